The van der Waals surface area contributed by atoms with Crippen molar-refractivity contribution in [1.82, 2.24) is 5.32 Å². The molecule has 0 unspecified atom stereocenters. The Hall–Kier alpha value is -2.86. The highest BCUT2D eigenvalue weighted by molar-refractivity contribution is 5.92. The van der Waals surface area contributed by atoms with E-state index in [4.69, 9.17) is 4.74 Å². The average molecular weight is 470 g/mol. The van der Waals surface area contributed by atoms with Gasteiger partial charge in [0.2, 0.25) is 0 Å². The number of carboxylic acid groups (broad SMARTS) is 1. The molecule has 3 N–H and O–H groups in total. The minimum absolute atomic E-state index is 0. The van der Waals surface area contributed by atoms with Crippen molar-refractivity contribution >= 4 is 18.4 Å². The van der Waals surface area contributed by atoms with Gasteiger partial charge in [0, 0.05) is 12.6 Å². The van der Waals surface area contributed by atoms with E-state index in [1.165, 1.54) is 5.56 Å². The Morgan fingerprint density at radius 3 is 2.18 bits per heavy atom. The van der Waals surface area contributed by atoms with Gasteiger partial charge in [-0.3, -0.25) is 0 Å². The largest absolute Gasteiger partial charge is 0.490 e. The van der Waals surface area contributed by atoms with Crippen LogP contribution < -0.4 is 10.1 Å². The van der Waals surface area contributed by atoms with Crippen molar-refractivity contribution in [2.24, 2.45) is 0 Å². The van der Waals surface area contributed by atoms with Gasteiger partial charge in [0.15, 0.2) is 0 Å². The summed E-state index contributed by atoms with van der Waals surface area (Å²) in [7, 11) is 0. The summed E-state index contributed by atoms with van der Waals surface area (Å²) in [4.78, 5) is 11.5. The summed E-state index contributed by atoms with van der Waals surface area (Å²) < 4.78 is 5.71. The van der Waals surface area contributed by atoms with E-state index in [0.717, 1.165) is 23.1 Å². The monoisotopic (exact) mass is 469 g/mol. The highest BCUT2D eigenvalue weighted by atomic mass is 35.5. The van der Waals surface area contributed by atoms with Crippen LogP contribution in [0, 0.1) is 0 Å². The van der Waals surface area contributed by atoms with Gasteiger partial charge >= 0.3 is 5.97 Å². The van der Waals surface area contributed by atoms with Crippen molar-refractivity contribution < 1.29 is 19.7 Å². The molecule has 5 nitrogen and oxygen atoms in total. The first-order chi connectivity index (χ1) is 15.3. The fourth-order valence-corrected chi connectivity index (χ4v) is 3.59. The van der Waals surface area contributed by atoms with Crippen LogP contribution in [0.1, 0.15) is 48.4 Å². The summed E-state index contributed by atoms with van der Waals surface area (Å²) in [5, 5.41) is 23.1. The van der Waals surface area contributed by atoms with Crippen molar-refractivity contribution in [1.29, 1.82) is 0 Å². The molecule has 0 saturated carbocycles. The van der Waals surface area contributed by atoms with Crippen LogP contribution in [-0.2, 0) is 6.42 Å². The standard InChI is InChI=1S/C27H31NO4.ClH/c1-18(2)32-26-16-23(13-14-24(26)27(30)31)21-11-9-20(10-12-21)15-19(3)28-17-25(29)22-7-5-4-6-8-22;/h4-14,16,18-19,25,28-29H,15,17H2,1-3H3,(H,30,31);1H/t19-,25+;/m1./s1. The highest BCUT2D eigenvalue weighted by Crippen LogP contribution is 2.29. The van der Waals surface area contributed by atoms with Crippen LogP contribution in [0.25, 0.3) is 11.1 Å². The maximum atomic E-state index is 11.5. The topological polar surface area (TPSA) is 78.8 Å². The molecule has 6 heteroatoms. The van der Waals surface area contributed by atoms with Crippen LogP contribution in [0.2, 0.25) is 0 Å². The Bertz CT molecular complexity index is 1020. The van der Waals surface area contributed by atoms with Crippen molar-refractivity contribution in [2.75, 3.05) is 6.54 Å². The molecule has 0 spiro atoms. The molecule has 0 aliphatic carbocycles. The summed E-state index contributed by atoms with van der Waals surface area (Å²) in [6, 6.07) is 23.3. The zero-order valence-electron chi connectivity index (χ0n) is 19.2. The summed E-state index contributed by atoms with van der Waals surface area (Å²) in [6.45, 7) is 6.35. The van der Waals surface area contributed by atoms with E-state index in [1.54, 1.807) is 18.2 Å². The smallest absolute Gasteiger partial charge is 0.339 e. The lowest BCUT2D eigenvalue weighted by atomic mass is 9.99. The Morgan fingerprint density at radius 2 is 1.58 bits per heavy atom. The number of ether oxygens (including phenoxy) is 1. The van der Waals surface area contributed by atoms with Gasteiger partial charge in [-0.1, -0.05) is 60.7 Å². The summed E-state index contributed by atoms with van der Waals surface area (Å²) in [6.07, 6.45) is 0.193. The molecule has 0 aliphatic rings. The second kappa shape index (κ2) is 12.4. The van der Waals surface area contributed by atoms with Crippen molar-refractivity contribution in [3.63, 3.8) is 0 Å². The number of nitrogens with one attached hydrogen (secondary N) is 1. The van der Waals surface area contributed by atoms with Crippen LogP contribution in [0.5, 0.6) is 5.75 Å². The molecule has 2 atom stereocenters. The third-order valence-electron chi connectivity index (χ3n) is 5.25. The molecule has 33 heavy (non-hydrogen) atoms. The molecule has 3 rings (SSSR count). The van der Waals surface area contributed by atoms with Crippen molar-refractivity contribution in [3.8, 4) is 16.9 Å². The first kappa shape index (κ1) is 26.4. The Kier molecular flexibility index (Phi) is 9.92. The Balaban J connectivity index is 0.00000385. The molecule has 0 aliphatic heterocycles. The van der Waals surface area contributed by atoms with Crippen LogP contribution >= 0.6 is 12.4 Å². The normalized spacial score (nSPS) is 12.6. The fraction of sp³-hybridized carbons (Fsp3) is 0.296. The number of aliphatic hydroxyl groups excluding tert-OH is 1. The second-order valence-electron chi connectivity index (χ2n) is 8.32. The molecular weight excluding hydrogens is 438 g/mol. The summed E-state index contributed by atoms with van der Waals surface area (Å²) >= 11 is 0. The average Bonchev–Trinajstić information content (AvgIpc) is 2.78. The predicted molar refractivity (Wildman–Crippen MR) is 134 cm³/mol. The number of hydrogen-bond donors (Lipinski definition) is 3. The number of hydrogen-bond acceptors (Lipinski definition) is 4. The zero-order chi connectivity index (χ0) is 23.1. The number of carbonyl (C=O) groups is 1. The van der Waals surface area contributed by atoms with Crippen LogP contribution in [0.3, 0.4) is 0 Å². The third-order valence-corrected chi connectivity index (χ3v) is 5.25. The molecule has 3 aromatic carbocycles. The number of aromatic carboxylic acids is 1. The zero-order valence-corrected chi connectivity index (χ0v) is 20.0. The first-order valence-electron chi connectivity index (χ1n) is 10.9. The maximum absolute atomic E-state index is 11.5. The molecule has 0 aromatic heterocycles. The van der Waals surface area contributed by atoms with Gasteiger partial charge < -0.3 is 20.3 Å². The molecule has 0 saturated heterocycles. The minimum Gasteiger partial charge on any atom is -0.490 e. The number of aliphatic hydroxyl groups is 1. The highest BCUT2D eigenvalue weighted by Gasteiger charge is 2.14. The molecule has 0 bridgehead atoms. The van der Waals surface area contributed by atoms with Crippen LogP contribution in [0.15, 0.2) is 72.8 Å². The Labute approximate surface area is 201 Å². The molecule has 0 heterocycles. The molecular formula is C27H32ClNO4. The summed E-state index contributed by atoms with van der Waals surface area (Å²) in [5.74, 6) is -0.620. The van der Waals surface area contributed by atoms with Gasteiger partial charge in [-0.25, -0.2) is 4.79 Å². The predicted octanol–water partition coefficient (Wildman–Crippen LogP) is 5.52. The number of halogens is 1. The number of rotatable bonds is 10. The molecule has 0 amide bonds. The third kappa shape index (κ3) is 7.60. The number of carboxylic acids is 1. The van der Waals surface area contributed by atoms with E-state index in [2.05, 4.69) is 24.4 Å². The Morgan fingerprint density at radius 1 is 0.939 bits per heavy atom. The summed E-state index contributed by atoms with van der Waals surface area (Å²) in [5.41, 5.74) is 4.17. The van der Waals surface area contributed by atoms with Gasteiger partial charge in [0.05, 0.1) is 12.2 Å². The lowest BCUT2D eigenvalue weighted by molar-refractivity contribution is 0.0690. The maximum Gasteiger partial charge on any atom is 0.339 e. The number of benzene rings is 3. The van der Waals surface area contributed by atoms with E-state index in [9.17, 15) is 15.0 Å². The van der Waals surface area contributed by atoms with E-state index >= 15 is 0 Å². The van der Waals surface area contributed by atoms with Crippen molar-refractivity contribution in [3.05, 3.63) is 89.5 Å². The van der Waals surface area contributed by atoms with Gasteiger partial charge in [0.25, 0.3) is 0 Å². The molecule has 0 radical (unpaired) electrons. The quantitative estimate of drug-likeness (QED) is 0.364. The van der Waals surface area contributed by atoms with Crippen LogP contribution in [0.4, 0.5) is 0 Å². The van der Waals surface area contributed by atoms with Crippen LogP contribution in [-0.4, -0.2) is 34.9 Å². The van der Waals surface area contributed by atoms with Gasteiger partial charge in [-0.2, -0.15) is 0 Å². The SMILES string of the molecule is CC(C)Oc1cc(-c2ccc(C[C@@H](C)NC[C@H](O)c3ccccc3)cc2)ccc1C(=O)O.Cl. The lowest BCUT2D eigenvalue weighted by Gasteiger charge is -2.18. The molecule has 176 valence electrons. The van der Waals surface area contributed by atoms with Gasteiger partial charge in [-0.15, -0.1) is 12.4 Å². The van der Waals surface area contributed by atoms with Crippen molar-refractivity contribution in [2.45, 2.75) is 45.4 Å². The van der Waals surface area contributed by atoms with E-state index in [0.29, 0.717) is 12.3 Å². The fourth-order valence-electron chi connectivity index (χ4n) is 3.59. The van der Waals surface area contributed by atoms with E-state index in [1.807, 2.05) is 56.3 Å². The van der Waals surface area contributed by atoms with Gasteiger partial charge in [0.1, 0.15) is 11.3 Å². The first-order valence-corrected chi connectivity index (χ1v) is 10.9. The second-order valence-corrected chi connectivity index (χ2v) is 8.32. The lowest BCUT2D eigenvalue weighted by Crippen LogP contribution is -2.32. The minimum atomic E-state index is -0.999. The molecule has 0 fully saturated rings. The molecule has 3 aromatic rings. The van der Waals surface area contributed by atoms with E-state index < -0.39 is 12.1 Å². The van der Waals surface area contributed by atoms with Gasteiger partial charge in [-0.05, 0) is 61.6 Å². The van der Waals surface area contributed by atoms with E-state index in [-0.39, 0.29) is 30.1 Å².